The van der Waals surface area contributed by atoms with Crippen molar-refractivity contribution in [3.8, 4) is 0 Å². The van der Waals surface area contributed by atoms with Crippen molar-refractivity contribution >= 4 is 23.4 Å². The van der Waals surface area contributed by atoms with Crippen LogP contribution < -0.4 is 5.32 Å². The van der Waals surface area contributed by atoms with Gasteiger partial charge in [0.1, 0.15) is 11.9 Å². The Bertz CT molecular complexity index is 867. The van der Waals surface area contributed by atoms with Crippen molar-refractivity contribution in [1.29, 1.82) is 0 Å². The summed E-state index contributed by atoms with van der Waals surface area (Å²) in [5, 5.41) is 3.17. The van der Waals surface area contributed by atoms with E-state index in [-0.39, 0.29) is 41.4 Å². The van der Waals surface area contributed by atoms with Gasteiger partial charge in [0, 0.05) is 23.2 Å². The maximum Gasteiger partial charge on any atom is 0.243 e. The lowest BCUT2D eigenvalue weighted by atomic mass is 10.0. The van der Waals surface area contributed by atoms with Crippen LogP contribution in [0.5, 0.6) is 0 Å². The lowest BCUT2D eigenvalue weighted by molar-refractivity contribution is -0.141. The fourth-order valence-corrected chi connectivity index (χ4v) is 3.55. The highest BCUT2D eigenvalue weighted by Gasteiger charge is 2.30. The molecule has 2 atom stereocenters. The standard InChI is InChI=1S/C24H30ClFN2O2/c1-5-17(4)27-24(30)22(6-2)28(15-18-10-7-9-16(3)13-18)23(29)14-19-20(25)11-8-12-21(19)26/h7-13,17,22H,5-6,14-15H2,1-4H3,(H,27,30)/t17-,22-/m0/s1. The van der Waals surface area contributed by atoms with Gasteiger partial charge < -0.3 is 10.2 Å². The van der Waals surface area contributed by atoms with Crippen LogP contribution in [0.15, 0.2) is 42.5 Å². The van der Waals surface area contributed by atoms with Crippen LogP contribution >= 0.6 is 11.6 Å². The molecule has 6 heteroatoms. The van der Waals surface area contributed by atoms with Gasteiger partial charge >= 0.3 is 0 Å². The highest BCUT2D eigenvalue weighted by Crippen LogP contribution is 2.22. The molecule has 2 amide bonds. The van der Waals surface area contributed by atoms with Crippen molar-refractivity contribution in [3.05, 3.63) is 70.0 Å². The normalized spacial score (nSPS) is 12.9. The minimum atomic E-state index is -0.655. The molecule has 4 nitrogen and oxygen atoms in total. The average molecular weight is 433 g/mol. The molecule has 0 heterocycles. The number of nitrogens with zero attached hydrogens (tertiary/aromatic N) is 1. The molecule has 2 aromatic carbocycles. The SMILES string of the molecule is CC[C@H](C)NC(=O)[C@H](CC)N(Cc1cccc(C)c1)C(=O)Cc1c(F)cccc1Cl. The van der Waals surface area contributed by atoms with E-state index in [0.717, 1.165) is 17.5 Å². The number of nitrogens with one attached hydrogen (secondary N) is 1. The molecule has 0 fully saturated rings. The maximum atomic E-state index is 14.3. The predicted molar refractivity (Wildman–Crippen MR) is 119 cm³/mol. The minimum absolute atomic E-state index is 0.00323. The third-order valence-corrected chi connectivity index (χ3v) is 5.57. The third kappa shape index (κ3) is 6.30. The van der Waals surface area contributed by atoms with E-state index in [2.05, 4.69) is 5.32 Å². The molecule has 0 saturated heterocycles. The highest BCUT2D eigenvalue weighted by atomic mass is 35.5. The Morgan fingerprint density at radius 2 is 1.83 bits per heavy atom. The number of carbonyl (C=O) groups excluding carboxylic acids is 2. The zero-order valence-electron chi connectivity index (χ0n) is 18.0. The van der Waals surface area contributed by atoms with Crippen LogP contribution in [0.1, 0.15) is 50.3 Å². The van der Waals surface area contributed by atoms with Crippen LogP contribution in [0.25, 0.3) is 0 Å². The highest BCUT2D eigenvalue weighted by molar-refractivity contribution is 6.31. The summed E-state index contributed by atoms with van der Waals surface area (Å²) in [5.74, 6) is -1.06. The van der Waals surface area contributed by atoms with Gasteiger partial charge in [0.25, 0.3) is 0 Å². The number of rotatable bonds is 9. The Morgan fingerprint density at radius 3 is 2.43 bits per heavy atom. The van der Waals surface area contributed by atoms with Crippen LogP contribution in [-0.4, -0.2) is 28.8 Å². The van der Waals surface area contributed by atoms with E-state index in [0.29, 0.717) is 6.42 Å². The summed E-state index contributed by atoms with van der Waals surface area (Å²) in [6.45, 7) is 8.02. The zero-order chi connectivity index (χ0) is 22.3. The Kier molecular flexibility index (Phi) is 8.85. The first-order valence-electron chi connectivity index (χ1n) is 10.3. The summed E-state index contributed by atoms with van der Waals surface area (Å²) in [4.78, 5) is 27.8. The second kappa shape index (κ2) is 11.1. The first-order chi connectivity index (χ1) is 14.3. The Labute approximate surface area is 183 Å². The number of benzene rings is 2. The van der Waals surface area contributed by atoms with Gasteiger partial charge in [0.05, 0.1) is 6.42 Å². The largest absolute Gasteiger partial charge is 0.352 e. The van der Waals surface area contributed by atoms with Crippen LogP contribution in [0.4, 0.5) is 4.39 Å². The summed E-state index contributed by atoms with van der Waals surface area (Å²) >= 11 is 6.13. The number of aryl methyl sites for hydroxylation is 1. The summed E-state index contributed by atoms with van der Waals surface area (Å²) in [7, 11) is 0. The predicted octanol–water partition coefficient (Wildman–Crippen LogP) is 5.05. The van der Waals surface area contributed by atoms with Crippen molar-refractivity contribution < 1.29 is 14.0 Å². The summed E-state index contributed by atoms with van der Waals surface area (Å²) in [6.07, 6.45) is 1.04. The average Bonchev–Trinajstić information content (AvgIpc) is 2.70. The van der Waals surface area contributed by atoms with E-state index in [1.807, 2.05) is 52.0 Å². The summed E-state index contributed by atoms with van der Waals surface area (Å²) in [6, 6.07) is 11.5. The molecule has 30 heavy (non-hydrogen) atoms. The van der Waals surface area contributed by atoms with E-state index in [1.54, 1.807) is 6.07 Å². The molecule has 0 saturated carbocycles. The monoisotopic (exact) mass is 432 g/mol. The van der Waals surface area contributed by atoms with Crippen molar-refractivity contribution in [2.24, 2.45) is 0 Å². The van der Waals surface area contributed by atoms with E-state index >= 15 is 0 Å². The van der Waals surface area contributed by atoms with Gasteiger partial charge in [-0.05, 0) is 44.4 Å². The molecule has 1 N–H and O–H groups in total. The maximum absolute atomic E-state index is 14.3. The first kappa shape index (κ1) is 23.9. The third-order valence-electron chi connectivity index (χ3n) is 5.21. The van der Waals surface area contributed by atoms with Crippen molar-refractivity contribution in [1.82, 2.24) is 10.2 Å². The second-order valence-corrected chi connectivity index (χ2v) is 8.04. The smallest absolute Gasteiger partial charge is 0.243 e. The van der Waals surface area contributed by atoms with Crippen molar-refractivity contribution in [2.45, 2.75) is 65.6 Å². The van der Waals surface area contributed by atoms with Gasteiger partial charge in [-0.25, -0.2) is 4.39 Å². The Balaban J connectivity index is 2.35. The van der Waals surface area contributed by atoms with Gasteiger partial charge in [0.2, 0.25) is 11.8 Å². The molecule has 0 aromatic heterocycles. The second-order valence-electron chi connectivity index (χ2n) is 7.63. The van der Waals surface area contributed by atoms with Gasteiger partial charge in [-0.1, -0.05) is 61.3 Å². The number of hydrogen-bond acceptors (Lipinski definition) is 2. The Hall–Kier alpha value is -2.40. The number of halogens is 2. The topological polar surface area (TPSA) is 49.4 Å². The van der Waals surface area contributed by atoms with Crippen LogP contribution in [-0.2, 0) is 22.6 Å². The summed E-state index contributed by atoms with van der Waals surface area (Å²) < 4.78 is 14.3. The molecule has 0 aliphatic heterocycles. The molecule has 0 radical (unpaired) electrons. The lowest BCUT2D eigenvalue weighted by Crippen LogP contribution is -2.51. The number of amides is 2. The van der Waals surface area contributed by atoms with Gasteiger partial charge in [-0.3, -0.25) is 9.59 Å². The quantitative estimate of drug-likeness (QED) is 0.602. The fourth-order valence-electron chi connectivity index (χ4n) is 3.32. The van der Waals surface area contributed by atoms with Crippen LogP contribution in [0, 0.1) is 12.7 Å². The van der Waals surface area contributed by atoms with Crippen molar-refractivity contribution in [3.63, 3.8) is 0 Å². The van der Waals surface area contributed by atoms with Crippen LogP contribution in [0.3, 0.4) is 0 Å². The lowest BCUT2D eigenvalue weighted by Gasteiger charge is -2.31. The van der Waals surface area contributed by atoms with Crippen molar-refractivity contribution in [2.75, 3.05) is 0 Å². The molecular formula is C24H30ClFN2O2. The zero-order valence-corrected chi connectivity index (χ0v) is 18.8. The first-order valence-corrected chi connectivity index (χ1v) is 10.7. The van der Waals surface area contributed by atoms with Gasteiger partial charge in [-0.2, -0.15) is 0 Å². The number of hydrogen-bond donors (Lipinski definition) is 1. The summed E-state index contributed by atoms with van der Waals surface area (Å²) in [5.41, 5.74) is 2.13. The number of carbonyl (C=O) groups is 2. The molecule has 0 aliphatic rings. The minimum Gasteiger partial charge on any atom is -0.352 e. The van der Waals surface area contributed by atoms with E-state index in [1.165, 1.54) is 17.0 Å². The molecule has 2 aromatic rings. The van der Waals surface area contributed by atoms with E-state index < -0.39 is 11.9 Å². The van der Waals surface area contributed by atoms with E-state index in [9.17, 15) is 14.0 Å². The molecule has 0 unspecified atom stereocenters. The van der Waals surface area contributed by atoms with Crippen LogP contribution in [0.2, 0.25) is 5.02 Å². The van der Waals surface area contributed by atoms with E-state index in [4.69, 9.17) is 11.6 Å². The molecule has 0 spiro atoms. The molecular weight excluding hydrogens is 403 g/mol. The molecule has 0 bridgehead atoms. The molecule has 162 valence electrons. The Morgan fingerprint density at radius 1 is 1.13 bits per heavy atom. The van der Waals surface area contributed by atoms with Gasteiger partial charge in [-0.15, -0.1) is 0 Å². The van der Waals surface area contributed by atoms with Gasteiger partial charge in [0.15, 0.2) is 0 Å². The fraction of sp³-hybridized carbons (Fsp3) is 0.417. The molecule has 2 rings (SSSR count). The molecule has 0 aliphatic carbocycles.